The van der Waals surface area contributed by atoms with Gasteiger partial charge in [-0.2, -0.15) is 0 Å². The van der Waals surface area contributed by atoms with Gasteiger partial charge in [-0.25, -0.2) is 8.78 Å². The molecule has 1 heterocycles. The number of hydrogen-bond acceptors (Lipinski definition) is 3. The summed E-state index contributed by atoms with van der Waals surface area (Å²) in [4.78, 5) is 2.15. The monoisotopic (exact) mass is 368 g/mol. The largest absolute Gasteiger partial charge is 0.507 e. The highest BCUT2D eigenvalue weighted by molar-refractivity contribution is 5.50. The van der Waals surface area contributed by atoms with Crippen molar-refractivity contribution < 1.29 is 13.9 Å². The van der Waals surface area contributed by atoms with Crippen LogP contribution in [0.25, 0.3) is 0 Å². The molecule has 2 N–H and O–H groups in total. The van der Waals surface area contributed by atoms with Gasteiger partial charge in [0, 0.05) is 38.6 Å². The van der Waals surface area contributed by atoms with Gasteiger partial charge in [0.1, 0.15) is 5.75 Å². The number of piperazine rings is 1. The van der Waals surface area contributed by atoms with Crippen LogP contribution in [-0.2, 0) is 10.8 Å². The first kappa shape index (κ1) is 21.1. The summed E-state index contributed by atoms with van der Waals surface area (Å²) in [7, 11) is 0. The molecule has 2 rings (SSSR count). The van der Waals surface area contributed by atoms with Crippen molar-refractivity contribution in [2.24, 2.45) is 0 Å². The molecule has 0 saturated carbocycles. The number of aromatic hydroxyl groups is 1. The molecule has 26 heavy (non-hydrogen) atoms. The van der Waals surface area contributed by atoms with Crippen LogP contribution < -0.4 is 5.32 Å². The molecule has 148 valence electrons. The number of nitrogens with one attached hydrogen (secondary N) is 1. The zero-order chi connectivity index (χ0) is 19.7. The van der Waals surface area contributed by atoms with Crippen molar-refractivity contribution in [3.63, 3.8) is 0 Å². The maximum absolute atomic E-state index is 13.4. The van der Waals surface area contributed by atoms with E-state index in [1.165, 1.54) is 0 Å². The zero-order valence-corrected chi connectivity index (χ0v) is 17.0. The van der Waals surface area contributed by atoms with E-state index in [9.17, 15) is 13.9 Å². The van der Waals surface area contributed by atoms with Gasteiger partial charge in [-0.3, -0.25) is 4.90 Å². The molecule has 5 heteroatoms. The number of benzene rings is 1. The van der Waals surface area contributed by atoms with Crippen molar-refractivity contribution in [3.05, 3.63) is 28.8 Å². The quantitative estimate of drug-likeness (QED) is 0.816. The molecule has 0 bridgehead atoms. The number of phenols is 1. The maximum Gasteiger partial charge on any atom is 0.240 e. The van der Waals surface area contributed by atoms with Gasteiger partial charge in [0.25, 0.3) is 0 Å². The van der Waals surface area contributed by atoms with E-state index in [-0.39, 0.29) is 23.3 Å². The van der Waals surface area contributed by atoms with E-state index < -0.39 is 6.43 Å². The third-order valence-corrected chi connectivity index (χ3v) is 5.13. The smallest absolute Gasteiger partial charge is 0.240 e. The van der Waals surface area contributed by atoms with E-state index in [4.69, 9.17) is 0 Å². The molecule has 3 nitrogen and oxygen atoms in total. The fraction of sp³-hybridized carbons (Fsp3) is 0.714. The fourth-order valence-electron chi connectivity index (χ4n) is 3.65. The Morgan fingerprint density at radius 1 is 1.00 bits per heavy atom. The molecule has 1 aliphatic rings. The average Bonchev–Trinajstić information content (AvgIpc) is 2.51. The summed E-state index contributed by atoms with van der Waals surface area (Å²) in [5.74, 6) is 0.296. The lowest BCUT2D eigenvalue weighted by atomic mass is 9.77. The van der Waals surface area contributed by atoms with E-state index in [2.05, 4.69) is 10.2 Å². The van der Waals surface area contributed by atoms with Crippen molar-refractivity contribution in [1.29, 1.82) is 0 Å². The molecule has 0 unspecified atom stereocenters. The third kappa shape index (κ3) is 4.95. The Hall–Kier alpha value is -1.20. The molecule has 0 radical (unpaired) electrons. The minimum Gasteiger partial charge on any atom is -0.507 e. The zero-order valence-electron chi connectivity index (χ0n) is 17.0. The highest BCUT2D eigenvalue weighted by atomic mass is 19.3. The number of phenolic OH excluding ortho intramolecular Hbond substituents is 1. The van der Waals surface area contributed by atoms with E-state index in [1.54, 1.807) is 0 Å². The Labute approximate surface area is 156 Å². The summed E-state index contributed by atoms with van der Waals surface area (Å²) in [6.45, 7) is 15.4. The Morgan fingerprint density at radius 2 is 1.46 bits per heavy atom. The summed E-state index contributed by atoms with van der Waals surface area (Å²) in [5.41, 5.74) is 2.02. The number of nitrogens with zero attached hydrogens (tertiary/aromatic N) is 1. The van der Waals surface area contributed by atoms with Gasteiger partial charge in [0.15, 0.2) is 0 Å². The molecule has 1 aromatic rings. The van der Waals surface area contributed by atoms with Crippen LogP contribution in [0.1, 0.15) is 70.7 Å². The van der Waals surface area contributed by atoms with E-state index >= 15 is 0 Å². The van der Waals surface area contributed by atoms with Crippen molar-refractivity contribution in [2.75, 3.05) is 26.2 Å². The van der Waals surface area contributed by atoms with Gasteiger partial charge in [0.05, 0.1) is 0 Å². The SMILES string of the molecule is CC(C)(C)c1cc([C@@H](CC(F)F)N2CCNCC2)cc(C(C)(C)C)c1O. The van der Waals surface area contributed by atoms with Crippen LogP contribution in [-0.4, -0.2) is 42.6 Å². The van der Waals surface area contributed by atoms with E-state index in [0.717, 1.165) is 42.9 Å². The second-order valence-electron chi connectivity index (χ2n) is 9.39. The molecule has 0 amide bonds. The first-order valence-electron chi connectivity index (χ1n) is 9.52. The molecule has 1 fully saturated rings. The second kappa shape index (κ2) is 7.81. The van der Waals surface area contributed by atoms with Crippen molar-refractivity contribution in [1.82, 2.24) is 10.2 Å². The van der Waals surface area contributed by atoms with Crippen LogP contribution in [0.4, 0.5) is 8.78 Å². The number of halogens is 2. The highest BCUT2D eigenvalue weighted by Crippen LogP contribution is 2.42. The molecule has 1 atom stereocenters. The summed E-state index contributed by atoms with van der Waals surface area (Å²) >= 11 is 0. The van der Waals surface area contributed by atoms with Crippen molar-refractivity contribution in [3.8, 4) is 5.75 Å². The van der Waals surface area contributed by atoms with Gasteiger partial charge >= 0.3 is 0 Å². The number of alkyl halides is 2. The second-order valence-corrected chi connectivity index (χ2v) is 9.39. The summed E-state index contributed by atoms with van der Waals surface area (Å²) in [5, 5.41) is 14.2. The van der Waals surface area contributed by atoms with Crippen molar-refractivity contribution in [2.45, 2.75) is 71.3 Å². The van der Waals surface area contributed by atoms with E-state index in [1.807, 2.05) is 53.7 Å². The van der Waals surface area contributed by atoms with Gasteiger partial charge in [-0.1, -0.05) is 41.5 Å². The minimum atomic E-state index is -2.36. The Kier molecular flexibility index (Phi) is 6.34. The predicted octanol–water partition coefficient (Wildman–Crippen LogP) is 4.59. The van der Waals surface area contributed by atoms with Crippen LogP contribution in [0.5, 0.6) is 5.75 Å². The molecule has 1 aromatic carbocycles. The normalized spacial score (nSPS) is 18.3. The Balaban J connectivity index is 2.59. The molecule has 0 aromatic heterocycles. The van der Waals surface area contributed by atoms with Crippen molar-refractivity contribution >= 4 is 0 Å². The Bertz CT molecular complexity index is 576. The van der Waals surface area contributed by atoms with Crippen LogP contribution in [0.15, 0.2) is 12.1 Å². The highest BCUT2D eigenvalue weighted by Gasteiger charge is 2.31. The lowest BCUT2D eigenvalue weighted by molar-refractivity contribution is 0.0738. The van der Waals surface area contributed by atoms with E-state index in [0.29, 0.717) is 5.75 Å². The average molecular weight is 369 g/mol. The van der Waals surface area contributed by atoms with Gasteiger partial charge in [-0.05, 0) is 39.7 Å². The lowest BCUT2D eigenvalue weighted by Crippen LogP contribution is -2.45. The maximum atomic E-state index is 13.4. The molecule has 1 saturated heterocycles. The van der Waals surface area contributed by atoms with Crippen LogP contribution in [0.2, 0.25) is 0 Å². The minimum absolute atomic E-state index is 0.183. The topological polar surface area (TPSA) is 35.5 Å². The molecule has 1 aliphatic heterocycles. The molecule has 0 aliphatic carbocycles. The van der Waals surface area contributed by atoms with Gasteiger partial charge in [-0.15, -0.1) is 0 Å². The standard InChI is InChI=1S/C21H34F2N2O/c1-20(2,3)15-11-14(12-16(19(15)26)21(4,5)6)17(13-18(22)23)25-9-7-24-8-10-25/h11-12,17-18,24,26H,7-10,13H2,1-6H3/t17-/m1/s1. The first-order valence-corrected chi connectivity index (χ1v) is 9.52. The molecular weight excluding hydrogens is 334 g/mol. The van der Waals surface area contributed by atoms with Crippen LogP contribution >= 0.6 is 0 Å². The molecule has 0 spiro atoms. The fourth-order valence-corrected chi connectivity index (χ4v) is 3.65. The van der Waals surface area contributed by atoms with Crippen LogP contribution in [0, 0.1) is 0 Å². The first-order chi connectivity index (χ1) is 11.9. The summed E-state index contributed by atoms with van der Waals surface area (Å²) in [6.07, 6.45) is -2.54. The predicted molar refractivity (Wildman–Crippen MR) is 103 cm³/mol. The third-order valence-electron chi connectivity index (χ3n) is 5.13. The van der Waals surface area contributed by atoms with Gasteiger partial charge < -0.3 is 10.4 Å². The Morgan fingerprint density at radius 3 is 1.85 bits per heavy atom. The number of hydrogen-bond donors (Lipinski definition) is 2. The molecular formula is C21H34F2N2O. The summed E-state index contributed by atoms with van der Waals surface area (Å²) < 4.78 is 26.8. The summed E-state index contributed by atoms with van der Waals surface area (Å²) in [6, 6.07) is 3.55. The van der Waals surface area contributed by atoms with Crippen LogP contribution in [0.3, 0.4) is 0 Å². The number of rotatable bonds is 4. The lowest BCUT2D eigenvalue weighted by Gasteiger charge is -2.37. The van der Waals surface area contributed by atoms with Gasteiger partial charge in [0.2, 0.25) is 6.43 Å².